The van der Waals surface area contributed by atoms with Gasteiger partial charge in [-0.3, -0.25) is 28.8 Å². The number of aliphatic hydroxyl groups is 1. The Kier molecular flexibility index (Phi) is 10.1. The van der Waals surface area contributed by atoms with E-state index in [1.165, 1.54) is 17.9 Å². The van der Waals surface area contributed by atoms with Crippen LogP contribution in [0.15, 0.2) is 65.9 Å². The quantitative estimate of drug-likeness (QED) is 0.0628. The van der Waals surface area contributed by atoms with Crippen molar-refractivity contribution in [3.63, 3.8) is 0 Å². The number of nitrogens with two attached hydrogens (primary N) is 2. The van der Waals surface area contributed by atoms with E-state index in [9.17, 15) is 19.5 Å². The molecule has 3 aromatic rings. The first-order valence-corrected chi connectivity index (χ1v) is 19.9. The number of allylic oxidation sites excluding steroid dienone is 1. The van der Waals surface area contributed by atoms with E-state index in [0.717, 1.165) is 67.5 Å². The van der Waals surface area contributed by atoms with Crippen molar-refractivity contribution in [2.75, 3.05) is 50.6 Å². The van der Waals surface area contributed by atoms with E-state index >= 15 is 0 Å². The summed E-state index contributed by atoms with van der Waals surface area (Å²) in [4.78, 5) is 50.4. The van der Waals surface area contributed by atoms with Gasteiger partial charge < -0.3 is 42.3 Å². The van der Waals surface area contributed by atoms with Crippen molar-refractivity contribution in [2.45, 2.75) is 75.6 Å². The van der Waals surface area contributed by atoms with Gasteiger partial charge in [0.05, 0.1) is 41.0 Å². The largest absolute Gasteiger partial charge is 0.393 e. The van der Waals surface area contributed by atoms with E-state index in [-0.39, 0.29) is 58.8 Å². The summed E-state index contributed by atoms with van der Waals surface area (Å²) in [6, 6.07) is 10.8. The molecule has 3 aliphatic heterocycles. The normalized spacial score (nSPS) is 21.1. The number of benzene rings is 1. The lowest BCUT2D eigenvalue weighted by Crippen LogP contribution is -2.65. The van der Waals surface area contributed by atoms with Crippen molar-refractivity contribution in [3.05, 3.63) is 83.0 Å². The Morgan fingerprint density at radius 3 is 2.46 bits per heavy atom. The second-order valence-corrected chi connectivity index (χ2v) is 15.7. The van der Waals surface area contributed by atoms with Gasteiger partial charge in [-0.15, -0.1) is 0 Å². The molecule has 2 saturated heterocycles. The number of carbonyl (C=O) groups excluding carboxylic acids is 3. The Hall–Kier alpha value is -5.55. The van der Waals surface area contributed by atoms with Gasteiger partial charge in [0.1, 0.15) is 18.6 Å². The summed E-state index contributed by atoms with van der Waals surface area (Å²) < 4.78 is 3.36. The molecule has 2 unspecified atom stereocenters. The SMILES string of the molecule is [B]C(O)(c1cccc(C(=O)N2CCCC2)[n+]1OC)N1CC(n2ncc3c2C(CC)N(C)c2c(NC(/C=C(\N)NC(=O)C4CC4)=C(/N)C(=O)NC4CC4)cccc2-3)C1. The van der Waals surface area contributed by atoms with Gasteiger partial charge in [0, 0.05) is 79.3 Å². The third-order valence-corrected chi connectivity index (χ3v) is 11.7. The lowest BCUT2D eigenvalue weighted by Gasteiger charge is -2.47. The number of anilines is 2. The molecule has 4 fully saturated rings. The maximum atomic E-state index is 13.4. The number of carbonyl (C=O) groups is 3. The Balaban J connectivity index is 1.07. The lowest BCUT2D eigenvalue weighted by atomic mass is 9.82. The van der Waals surface area contributed by atoms with E-state index in [2.05, 4.69) is 27.8 Å². The van der Waals surface area contributed by atoms with Crippen LogP contribution in [0.4, 0.5) is 11.4 Å². The summed E-state index contributed by atoms with van der Waals surface area (Å²) in [7, 11) is 10.1. The Labute approximate surface area is 333 Å². The number of nitrogens with one attached hydrogen (secondary N) is 3. The van der Waals surface area contributed by atoms with Crippen LogP contribution in [0.3, 0.4) is 0 Å². The lowest BCUT2D eigenvalue weighted by molar-refractivity contribution is -0.895. The summed E-state index contributed by atoms with van der Waals surface area (Å²) in [5, 5.41) is 25.8. The summed E-state index contributed by atoms with van der Waals surface area (Å²) in [6.45, 7) is 4.26. The average Bonchev–Trinajstić information content (AvgIpc) is 4.10. The van der Waals surface area contributed by atoms with Gasteiger partial charge in [-0.25, -0.2) is 0 Å². The predicted molar refractivity (Wildman–Crippen MR) is 213 cm³/mol. The smallest absolute Gasteiger partial charge is 0.323 e. The van der Waals surface area contributed by atoms with Crippen molar-refractivity contribution in [1.82, 2.24) is 30.2 Å². The molecule has 3 amide bonds. The average molecular weight is 777 g/mol. The van der Waals surface area contributed by atoms with Crippen LogP contribution in [0.2, 0.25) is 0 Å². The number of hydrogen-bond acceptors (Lipinski definition) is 11. The summed E-state index contributed by atoms with van der Waals surface area (Å²) in [5.41, 5.74) is 16.1. The fraction of sp³-hybridized carbons (Fsp3) is 0.475. The van der Waals surface area contributed by atoms with Gasteiger partial charge in [-0.1, -0.05) is 19.1 Å². The van der Waals surface area contributed by atoms with Crippen LogP contribution in [0.25, 0.3) is 11.1 Å². The molecular formula is C40H51BN11O5+. The second kappa shape index (κ2) is 15.1. The first-order chi connectivity index (χ1) is 27.4. The zero-order valence-electron chi connectivity index (χ0n) is 32.7. The Morgan fingerprint density at radius 2 is 1.79 bits per heavy atom. The fourth-order valence-corrected chi connectivity index (χ4v) is 8.23. The van der Waals surface area contributed by atoms with Crippen LogP contribution in [-0.2, 0) is 15.2 Å². The monoisotopic (exact) mass is 776 g/mol. The number of hydrogen-bond donors (Lipinski definition) is 6. The molecule has 2 aromatic heterocycles. The minimum Gasteiger partial charge on any atom is -0.393 e. The van der Waals surface area contributed by atoms with Crippen LogP contribution in [0.1, 0.15) is 85.8 Å². The van der Waals surface area contributed by atoms with Crippen LogP contribution in [0, 0.1) is 5.92 Å². The van der Waals surface area contributed by atoms with E-state index in [1.54, 1.807) is 28.0 Å². The molecule has 8 rings (SSSR count). The molecule has 5 aliphatic rings. The maximum absolute atomic E-state index is 13.4. The number of likely N-dealkylation sites (tertiary alicyclic amines) is 2. The number of fused-ring (bicyclic) bond motifs is 3. The number of aromatic nitrogens is 3. The van der Waals surface area contributed by atoms with Crippen LogP contribution in [0.5, 0.6) is 0 Å². The van der Waals surface area contributed by atoms with E-state index in [0.29, 0.717) is 37.6 Å². The van der Waals surface area contributed by atoms with Crippen molar-refractivity contribution in [2.24, 2.45) is 17.4 Å². The summed E-state index contributed by atoms with van der Waals surface area (Å²) in [6.07, 6.45) is 9.48. The topological polar surface area (TPSA) is 200 Å². The number of rotatable bonds is 13. The summed E-state index contributed by atoms with van der Waals surface area (Å²) >= 11 is 0. The number of pyridine rings is 1. The van der Waals surface area contributed by atoms with Crippen LogP contribution < -0.4 is 41.9 Å². The van der Waals surface area contributed by atoms with E-state index < -0.39 is 11.5 Å². The molecule has 17 heteroatoms. The number of amides is 3. The molecule has 5 heterocycles. The zero-order chi connectivity index (χ0) is 40.2. The zero-order valence-corrected chi connectivity index (χ0v) is 32.7. The Bertz CT molecular complexity index is 2150. The molecule has 0 spiro atoms. The van der Waals surface area contributed by atoms with Crippen molar-refractivity contribution in [3.8, 4) is 11.1 Å². The second-order valence-electron chi connectivity index (χ2n) is 15.7. The predicted octanol–water partition coefficient (Wildman–Crippen LogP) is 1.05. The molecule has 298 valence electrons. The van der Waals surface area contributed by atoms with Gasteiger partial charge in [0.2, 0.25) is 5.91 Å². The van der Waals surface area contributed by atoms with Crippen LogP contribution >= 0.6 is 0 Å². The molecule has 2 saturated carbocycles. The van der Waals surface area contributed by atoms with Crippen molar-refractivity contribution >= 4 is 36.9 Å². The highest BCUT2D eigenvalue weighted by molar-refractivity contribution is 6.14. The van der Waals surface area contributed by atoms with Gasteiger partial charge in [0.15, 0.2) is 13.5 Å². The molecule has 2 atom stereocenters. The number of nitrogens with zero attached hydrogens (tertiary/aromatic N) is 6. The third-order valence-electron chi connectivity index (χ3n) is 11.7. The van der Waals surface area contributed by atoms with Crippen molar-refractivity contribution < 1.29 is 29.1 Å². The third kappa shape index (κ3) is 7.18. The maximum Gasteiger partial charge on any atom is 0.323 e. The summed E-state index contributed by atoms with van der Waals surface area (Å²) in [5.74, 6) is -0.699. The number of para-hydroxylation sites is 1. The molecule has 2 radical (unpaired) electrons. The molecule has 57 heavy (non-hydrogen) atoms. The highest BCUT2D eigenvalue weighted by Crippen LogP contribution is 2.50. The molecule has 8 N–H and O–H groups in total. The minimum absolute atomic E-state index is 0.0440. The molecule has 1 aromatic carbocycles. The van der Waals surface area contributed by atoms with Crippen molar-refractivity contribution in [1.29, 1.82) is 0 Å². The Morgan fingerprint density at radius 1 is 1.07 bits per heavy atom. The minimum atomic E-state index is -1.93. The van der Waals surface area contributed by atoms with E-state index in [4.69, 9.17) is 29.2 Å². The van der Waals surface area contributed by atoms with Gasteiger partial charge in [0.25, 0.3) is 11.6 Å². The van der Waals surface area contributed by atoms with Crippen LogP contribution in [-0.4, -0.2) is 96.6 Å². The highest BCUT2D eigenvalue weighted by atomic mass is 16.6. The molecular weight excluding hydrogens is 725 g/mol. The highest BCUT2D eigenvalue weighted by Gasteiger charge is 2.49. The molecule has 16 nitrogen and oxygen atoms in total. The van der Waals surface area contributed by atoms with Gasteiger partial charge >= 0.3 is 11.6 Å². The first-order valence-electron chi connectivity index (χ1n) is 19.9. The standard InChI is InChI=1S/C40H50BN11O5/c1-4-30-36-27(20-44-51(36)25-21-50(22-25)40(41,56)32-12-8-11-31(52(32)57-3)39(55)49-17-5-6-18-49)26-9-7-10-28(35(26)48(30)2)46-29(34(43)38(54)45-24-15-16-24)19-33(42)47-37(53)23-13-14-23/h7-12,19-20,23-25,30,43,56H,4-6,13-18,21-22H2,1-3H3,(H5,42,45,46,47,53,54,55)/p+1. The van der Waals surface area contributed by atoms with Gasteiger partial charge in [-0.05, 0) is 57.1 Å². The fourth-order valence-electron chi connectivity index (χ4n) is 8.23. The van der Waals surface area contributed by atoms with Gasteiger partial charge in [-0.2, -0.15) is 5.10 Å². The van der Waals surface area contributed by atoms with E-state index in [1.807, 2.05) is 36.1 Å². The molecule has 2 aliphatic carbocycles. The first kappa shape index (κ1) is 38.3. The molecule has 0 bridgehead atoms.